The van der Waals surface area contributed by atoms with Crippen LogP contribution >= 0.6 is 0 Å². The van der Waals surface area contributed by atoms with E-state index in [0.29, 0.717) is 13.0 Å². The van der Waals surface area contributed by atoms with Crippen LogP contribution in [0.2, 0.25) is 0 Å². The zero-order chi connectivity index (χ0) is 11.7. The van der Waals surface area contributed by atoms with Gasteiger partial charge in [-0.05, 0) is 23.3 Å². The van der Waals surface area contributed by atoms with Crippen molar-refractivity contribution in [2.24, 2.45) is 5.41 Å². The van der Waals surface area contributed by atoms with E-state index < -0.39 is 0 Å². The number of hydrogen-bond donors (Lipinski definition) is 0. The van der Waals surface area contributed by atoms with Crippen molar-refractivity contribution >= 4 is 5.97 Å². The Bertz CT molecular complexity index is 172. The highest BCUT2D eigenvalue weighted by atomic mass is 17.5. The highest BCUT2D eigenvalue weighted by Crippen LogP contribution is 2.20. The molecule has 0 N–H and O–H groups in total. The molecule has 4 heteroatoms. The van der Waals surface area contributed by atoms with E-state index in [1.54, 1.807) is 0 Å². The molecule has 0 fully saturated rings. The molecule has 0 heterocycles. The standard InChI is InChI=1S/C11H22O4/c1-5-6-9-13-15-14-10(12)7-8-11(2,3)4/h5-9H2,1-4H3. The van der Waals surface area contributed by atoms with Crippen LogP contribution in [0.4, 0.5) is 0 Å². The molecular formula is C11H22O4. The molecule has 0 aromatic heterocycles. The van der Waals surface area contributed by atoms with Crippen molar-refractivity contribution in [2.75, 3.05) is 6.61 Å². The van der Waals surface area contributed by atoms with E-state index in [1.165, 1.54) is 0 Å². The Labute approximate surface area is 91.7 Å². The molecule has 0 bridgehead atoms. The van der Waals surface area contributed by atoms with Crippen molar-refractivity contribution in [1.29, 1.82) is 0 Å². The van der Waals surface area contributed by atoms with Gasteiger partial charge in [0, 0.05) is 6.42 Å². The van der Waals surface area contributed by atoms with Crippen molar-refractivity contribution in [2.45, 2.75) is 53.4 Å². The van der Waals surface area contributed by atoms with Crippen LogP contribution in [0.25, 0.3) is 0 Å². The first-order valence-corrected chi connectivity index (χ1v) is 5.44. The van der Waals surface area contributed by atoms with Crippen LogP contribution in [0.5, 0.6) is 0 Å². The maximum Gasteiger partial charge on any atom is 0.345 e. The van der Waals surface area contributed by atoms with Crippen LogP contribution in [0.1, 0.15) is 53.4 Å². The van der Waals surface area contributed by atoms with Crippen molar-refractivity contribution < 1.29 is 19.6 Å². The quantitative estimate of drug-likeness (QED) is 0.374. The van der Waals surface area contributed by atoms with E-state index in [9.17, 15) is 4.79 Å². The number of rotatable bonds is 7. The van der Waals surface area contributed by atoms with Gasteiger partial charge in [-0.2, -0.15) is 4.89 Å². The van der Waals surface area contributed by atoms with E-state index in [-0.39, 0.29) is 11.4 Å². The summed E-state index contributed by atoms with van der Waals surface area (Å²) in [5, 5.41) is 4.31. The fraction of sp³-hybridized carbons (Fsp3) is 0.909. The fourth-order valence-corrected chi connectivity index (χ4v) is 0.818. The first kappa shape index (κ1) is 14.4. The van der Waals surface area contributed by atoms with Gasteiger partial charge in [0.05, 0.1) is 6.61 Å². The maximum atomic E-state index is 11.1. The van der Waals surface area contributed by atoms with Gasteiger partial charge in [-0.15, -0.1) is 0 Å². The van der Waals surface area contributed by atoms with Gasteiger partial charge in [0.15, 0.2) is 0 Å². The lowest BCUT2D eigenvalue weighted by Gasteiger charge is -2.16. The molecule has 0 spiro atoms. The van der Waals surface area contributed by atoms with Crippen molar-refractivity contribution in [3.05, 3.63) is 0 Å². The SMILES string of the molecule is CCCCOOOC(=O)CCC(C)(C)C. The van der Waals surface area contributed by atoms with Gasteiger partial charge in [0.25, 0.3) is 0 Å². The summed E-state index contributed by atoms with van der Waals surface area (Å²) in [5.74, 6) is -0.388. The summed E-state index contributed by atoms with van der Waals surface area (Å²) >= 11 is 0. The van der Waals surface area contributed by atoms with E-state index in [4.69, 9.17) is 0 Å². The van der Waals surface area contributed by atoms with Crippen molar-refractivity contribution in [3.8, 4) is 0 Å². The Morgan fingerprint density at radius 3 is 2.47 bits per heavy atom. The Hall–Kier alpha value is -0.610. The average molecular weight is 218 g/mol. The lowest BCUT2D eigenvalue weighted by molar-refractivity contribution is -0.486. The van der Waals surface area contributed by atoms with Gasteiger partial charge in [-0.3, -0.25) is 4.89 Å². The molecule has 90 valence electrons. The third-order valence-electron chi connectivity index (χ3n) is 1.84. The van der Waals surface area contributed by atoms with Crippen LogP contribution < -0.4 is 0 Å². The maximum absolute atomic E-state index is 11.1. The van der Waals surface area contributed by atoms with Gasteiger partial charge >= 0.3 is 5.97 Å². The second-order valence-corrected chi connectivity index (χ2v) is 4.76. The monoisotopic (exact) mass is 218 g/mol. The molecule has 15 heavy (non-hydrogen) atoms. The molecule has 0 saturated carbocycles. The molecule has 0 saturated heterocycles. The van der Waals surface area contributed by atoms with Gasteiger partial charge in [0.2, 0.25) is 0 Å². The summed E-state index contributed by atoms with van der Waals surface area (Å²) in [4.78, 5) is 20.2. The van der Waals surface area contributed by atoms with E-state index in [0.717, 1.165) is 19.3 Å². The highest BCUT2D eigenvalue weighted by molar-refractivity contribution is 5.68. The molecule has 0 aromatic rings. The second kappa shape index (κ2) is 7.65. The zero-order valence-electron chi connectivity index (χ0n) is 10.2. The van der Waals surface area contributed by atoms with Gasteiger partial charge in [-0.1, -0.05) is 34.1 Å². The number of hydrogen-bond acceptors (Lipinski definition) is 4. The molecule has 0 unspecified atom stereocenters. The fourth-order valence-electron chi connectivity index (χ4n) is 0.818. The number of carbonyl (C=O) groups excluding carboxylic acids is 1. The topological polar surface area (TPSA) is 44.8 Å². The molecule has 0 aliphatic rings. The molecule has 0 amide bonds. The van der Waals surface area contributed by atoms with Crippen LogP contribution in [0, 0.1) is 5.41 Å². The normalized spacial score (nSPS) is 11.5. The van der Waals surface area contributed by atoms with Gasteiger partial charge in [-0.25, -0.2) is 4.79 Å². The molecule has 0 atom stereocenters. The smallest absolute Gasteiger partial charge is 0.269 e. The van der Waals surface area contributed by atoms with Crippen LogP contribution in [-0.4, -0.2) is 12.6 Å². The number of carbonyl (C=O) groups is 1. The van der Waals surface area contributed by atoms with E-state index >= 15 is 0 Å². The summed E-state index contributed by atoms with van der Waals surface area (Å²) in [7, 11) is 0. The predicted molar refractivity (Wildman–Crippen MR) is 56.7 cm³/mol. The first-order valence-electron chi connectivity index (χ1n) is 5.44. The third-order valence-corrected chi connectivity index (χ3v) is 1.84. The lowest BCUT2D eigenvalue weighted by atomic mass is 9.91. The van der Waals surface area contributed by atoms with Crippen molar-refractivity contribution in [1.82, 2.24) is 0 Å². The predicted octanol–water partition coefficient (Wildman–Crippen LogP) is 3.02. The third kappa shape index (κ3) is 11.3. The van der Waals surface area contributed by atoms with Gasteiger partial charge < -0.3 is 0 Å². The summed E-state index contributed by atoms with van der Waals surface area (Å²) in [5.41, 5.74) is 0.127. The Morgan fingerprint density at radius 2 is 1.93 bits per heavy atom. The molecule has 0 aliphatic carbocycles. The minimum absolute atomic E-state index is 0.127. The van der Waals surface area contributed by atoms with Crippen LogP contribution in [0.3, 0.4) is 0 Å². The van der Waals surface area contributed by atoms with E-state index in [1.807, 2.05) is 6.92 Å². The highest BCUT2D eigenvalue weighted by Gasteiger charge is 2.14. The van der Waals surface area contributed by atoms with Gasteiger partial charge in [0.1, 0.15) is 0 Å². The van der Waals surface area contributed by atoms with Crippen LogP contribution in [0.15, 0.2) is 0 Å². The summed E-state index contributed by atoms with van der Waals surface area (Å²) < 4.78 is 0. The number of unbranched alkanes of at least 4 members (excludes halogenated alkanes) is 1. The average Bonchev–Trinajstić information content (AvgIpc) is 2.13. The second-order valence-electron chi connectivity index (χ2n) is 4.76. The molecule has 4 nitrogen and oxygen atoms in total. The summed E-state index contributed by atoms with van der Waals surface area (Å²) in [6, 6.07) is 0. The van der Waals surface area contributed by atoms with E-state index in [2.05, 4.69) is 35.6 Å². The molecule has 0 rings (SSSR count). The Balaban J connectivity index is 3.34. The molecule has 0 aromatic carbocycles. The molecule has 0 radical (unpaired) electrons. The largest absolute Gasteiger partial charge is 0.345 e. The summed E-state index contributed by atoms with van der Waals surface area (Å²) in [6.45, 7) is 8.69. The lowest BCUT2D eigenvalue weighted by Crippen LogP contribution is -2.12. The minimum atomic E-state index is -0.388. The molecule has 0 aliphatic heterocycles. The molecular weight excluding hydrogens is 196 g/mol. The van der Waals surface area contributed by atoms with Crippen molar-refractivity contribution in [3.63, 3.8) is 0 Å². The Kier molecular flexibility index (Phi) is 7.34. The first-order chi connectivity index (χ1) is 6.95. The Morgan fingerprint density at radius 1 is 1.27 bits per heavy atom. The minimum Gasteiger partial charge on any atom is -0.269 e. The summed E-state index contributed by atoms with van der Waals surface area (Å²) in [6.07, 6.45) is 3.02. The van der Waals surface area contributed by atoms with Crippen LogP contribution in [-0.2, 0) is 19.6 Å². The zero-order valence-corrected chi connectivity index (χ0v) is 10.2.